The molecule has 0 amide bonds. The highest BCUT2D eigenvalue weighted by Gasteiger charge is 2.26. The monoisotopic (exact) mass is 267 g/mol. The Morgan fingerprint density at radius 3 is 2.42 bits per heavy atom. The van der Waals surface area contributed by atoms with E-state index < -0.39 is 5.97 Å². The maximum Gasteiger partial charge on any atom is 0.339 e. The molecule has 0 saturated carbocycles. The van der Waals surface area contributed by atoms with Crippen molar-refractivity contribution in [2.75, 3.05) is 0 Å². The molecule has 0 spiro atoms. The summed E-state index contributed by atoms with van der Waals surface area (Å²) >= 11 is 0. The molecule has 19 heavy (non-hydrogen) atoms. The van der Waals surface area contributed by atoms with E-state index >= 15 is 0 Å². The van der Waals surface area contributed by atoms with Gasteiger partial charge in [0.2, 0.25) is 0 Å². The topological polar surface area (TPSA) is 67.2 Å². The Morgan fingerprint density at radius 1 is 1.37 bits per heavy atom. The molecule has 0 aliphatic rings. The van der Waals surface area contributed by atoms with Crippen LogP contribution in [0.1, 0.15) is 57.1 Å². The summed E-state index contributed by atoms with van der Waals surface area (Å²) in [5, 5.41) is 16.6. The number of hydrogen-bond donors (Lipinski definition) is 2. The molecule has 0 unspecified atom stereocenters. The summed E-state index contributed by atoms with van der Waals surface area (Å²) in [6.07, 6.45) is 2.40. The van der Waals surface area contributed by atoms with Crippen molar-refractivity contribution in [3.8, 4) is 0 Å². The van der Waals surface area contributed by atoms with Crippen LogP contribution in [-0.2, 0) is 13.6 Å². The molecule has 2 N–H and O–H groups in total. The molecule has 0 atom stereocenters. The number of aromatic carboxylic acids is 1. The third-order valence-electron chi connectivity index (χ3n) is 3.00. The summed E-state index contributed by atoms with van der Waals surface area (Å²) in [6.45, 7) is 11.4. The van der Waals surface area contributed by atoms with Crippen molar-refractivity contribution in [3.05, 3.63) is 17.5 Å². The highest BCUT2D eigenvalue weighted by molar-refractivity contribution is 5.88. The summed E-state index contributed by atoms with van der Waals surface area (Å²) in [5.74, 6) is -0.932. The van der Waals surface area contributed by atoms with Crippen LogP contribution in [0.25, 0.3) is 0 Å². The molecule has 0 fully saturated rings. The number of aryl methyl sites for hydroxylation is 1. The first-order valence-corrected chi connectivity index (χ1v) is 6.51. The van der Waals surface area contributed by atoms with E-state index in [4.69, 9.17) is 5.11 Å². The zero-order valence-corrected chi connectivity index (χ0v) is 12.7. The fraction of sp³-hybridized carbons (Fsp3) is 0.714. The molecule has 0 aromatic carbocycles. The molecule has 0 aliphatic carbocycles. The average molecular weight is 267 g/mol. The third kappa shape index (κ3) is 4.67. The highest BCUT2D eigenvalue weighted by atomic mass is 16.4. The smallest absolute Gasteiger partial charge is 0.339 e. The summed E-state index contributed by atoms with van der Waals surface area (Å²) in [4.78, 5) is 11.1. The maximum absolute atomic E-state index is 11.1. The number of nitrogens with one attached hydrogen (secondary N) is 1. The summed E-state index contributed by atoms with van der Waals surface area (Å²) in [7, 11) is 1.76. The van der Waals surface area contributed by atoms with E-state index in [-0.39, 0.29) is 16.5 Å². The number of hydrogen-bond acceptors (Lipinski definition) is 3. The molecule has 0 bridgehead atoms. The molecule has 0 saturated heterocycles. The standard InChI is InChI=1S/C14H25N3O2/c1-13(2,3)9-14(4,5)15-8-11-10(12(18)19)7-16-17(11)6/h7,15H,8-9H2,1-6H3,(H,18,19). The zero-order valence-electron chi connectivity index (χ0n) is 12.7. The van der Waals surface area contributed by atoms with Crippen molar-refractivity contribution in [1.82, 2.24) is 15.1 Å². The van der Waals surface area contributed by atoms with Crippen LogP contribution in [0.4, 0.5) is 0 Å². The molecule has 1 aromatic rings. The Morgan fingerprint density at radius 2 is 1.95 bits per heavy atom. The second-order valence-electron chi connectivity index (χ2n) is 6.91. The molecule has 108 valence electrons. The molecule has 5 heteroatoms. The van der Waals surface area contributed by atoms with Crippen LogP contribution in [0, 0.1) is 5.41 Å². The maximum atomic E-state index is 11.1. The van der Waals surface area contributed by atoms with Crippen molar-refractivity contribution >= 4 is 5.97 Å². The molecule has 0 aliphatic heterocycles. The Kier molecular flexibility index (Phi) is 4.40. The third-order valence-corrected chi connectivity index (χ3v) is 3.00. The van der Waals surface area contributed by atoms with E-state index in [0.29, 0.717) is 12.2 Å². The lowest BCUT2D eigenvalue weighted by Crippen LogP contribution is -2.42. The van der Waals surface area contributed by atoms with Crippen LogP contribution < -0.4 is 5.32 Å². The van der Waals surface area contributed by atoms with Gasteiger partial charge in [0.05, 0.1) is 11.9 Å². The van der Waals surface area contributed by atoms with Gasteiger partial charge in [0, 0.05) is 19.1 Å². The van der Waals surface area contributed by atoms with Crippen molar-refractivity contribution in [2.24, 2.45) is 12.5 Å². The van der Waals surface area contributed by atoms with Gasteiger partial charge in [0.15, 0.2) is 0 Å². The van der Waals surface area contributed by atoms with Gasteiger partial charge in [-0.3, -0.25) is 4.68 Å². The molecular weight excluding hydrogens is 242 g/mol. The average Bonchev–Trinajstić information content (AvgIpc) is 2.53. The van der Waals surface area contributed by atoms with Crippen LogP contribution in [0.3, 0.4) is 0 Å². The van der Waals surface area contributed by atoms with E-state index in [9.17, 15) is 4.79 Å². The second-order valence-corrected chi connectivity index (χ2v) is 6.91. The fourth-order valence-corrected chi connectivity index (χ4v) is 2.56. The predicted molar refractivity (Wildman–Crippen MR) is 75.2 cm³/mol. The van der Waals surface area contributed by atoms with Crippen LogP contribution in [0.15, 0.2) is 6.20 Å². The lowest BCUT2D eigenvalue weighted by atomic mass is 9.82. The summed E-state index contributed by atoms with van der Waals surface area (Å²) in [6, 6.07) is 0. The number of nitrogens with zero attached hydrogens (tertiary/aromatic N) is 2. The minimum absolute atomic E-state index is 0.0572. The Hall–Kier alpha value is -1.36. The first-order chi connectivity index (χ1) is 8.52. The molecule has 1 heterocycles. The molecule has 1 rings (SSSR count). The van der Waals surface area contributed by atoms with E-state index in [1.807, 2.05) is 0 Å². The molecule has 0 radical (unpaired) electrons. The summed E-state index contributed by atoms with van der Waals surface area (Å²) < 4.78 is 1.61. The molecule has 5 nitrogen and oxygen atoms in total. The number of carboxylic acid groups (broad SMARTS) is 1. The van der Waals surface area contributed by atoms with Crippen molar-refractivity contribution in [3.63, 3.8) is 0 Å². The van der Waals surface area contributed by atoms with E-state index in [1.54, 1.807) is 11.7 Å². The Labute approximate surface area is 115 Å². The Bertz CT molecular complexity index is 456. The van der Waals surface area contributed by atoms with Gasteiger partial charge in [-0.05, 0) is 25.7 Å². The zero-order chi connectivity index (χ0) is 14.8. The van der Waals surface area contributed by atoms with E-state index in [1.165, 1.54) is 6.20 Å². The van der Waals surface area contributed by atoms with Crippen LogP contribution in [-0.4, -0.2) is 26.4 Å². The van der Waals surface area contributed by atoms with Crippen molar-refractivity contribution < 1.29 is 9.90 Å². The van der Waals surface area contributed by atoms with Gasteiger partial charge in [-0.25, -0.2) is 4.79 Å². The second kappa shape index (κ2) is 5.33. The van der Waals surface area contributed by atoms with Crippen LogP contribution in [0.5, 0.6) is 0 Å². The van der Waals surface area contributed by atoms with Gasteiger partial charge in [-0.2, -0.15) is 5.10 Å². The number of aromatic nitrogens is 2. The minimum Gasteiger partial charge on any atom is -0.478 e. The van der Waals surface area contributed by atoms with Crippen LogP contribution >= 0.6 is 0 Å². The van der Waals surface area contributed by atoms with Gasteiger partial charge in [-0.15, -0.1) is 0 Å². The van der Waals surface area contributed by atoms with Crippen LogP contribution in [0.2, 0.25) is 0 Å². The van der Waals surface area contributed by atoms with Crippen molar-refractivity contribution in [1.29, 1.82) is 0 Å². The van der Waals surface area contributed by atoms with E-state index in [2.05, 4.69) is 45.0 Å². The molecule has 1 aromatic heterocycles. The number of rotatable bonds is 5. The van der Waals surface area contributed by atoms with Gasteiger partial charge in [0.25, 0.3) is 0 Å². The minimum atomic E-state index is -0.932. The largest absolute Gasteiger partial charge is 0.478 e. The van der Waals surface area contributed by atoms with E-state index in [0.717, 1.165) is 6.42 Å². The molecular formula is C14H25N3O2. The number of carboxylic acids is 1. The lowest BCUT2D eigenvalue weighted by Gasteiger charge is -2.33. The quantitative estimate of drug-likeness (QED) is 0.859. The van der Waals surface area contributed by atoms with Gasteiger partial charge in [0.1, 0.15) is 5.56 Å². The van der Waals surface area contributed by atoms with Gasteiger partial charge >= 0.3 is 5.97 Å². The first-order valence-electron chi connectivity index (χ1n) is 6.51. The lowest BCUT2D eigenvalue weighted by molar-refractivity contribution is 0.0695. The fourth-order valence-electron chi connectivity index (χ4n) is 2.56. The van der Waals surface area contributed by atoms with Crippen molar-refractivity contribution in [2.45, 2.75) is 53.1 Å². The highest BCUT2D eigenvalue weighted by Crippen LogP contribution is 2.27. The summed E-state index contributed by atoms with van der Waals surface area (Å²) in [5.41, 5.74) is 1.13. The Balaban J connectivity index is 2.77. The normalized spacial score (nSPS) is 12.7. The first kappa shape index (κ1) is 15.7. The van der Waals surface area contributed by atoms with Gasteiger partial charge < -0.3 is 10.4 Å². The SMILES string of the molecule is Cn1ncc(C(=O)O)c1CNC(C)(C)CC(C)(C)C. The van der Waals surface area contributed by atoms with Gasteiger partial charge in [-0.1, -0.05) is 20.8 Å². The number of carbonyl (C=O) groups is 1. The predicted octanol–water partition coefficient (Wildman–Crippen LogP) is 2.42.